The minimum absolute atomic E-state index is 0.258. The maximum absolute atomic E-state index is 5.62. The van der Waals surface area contributed by atoms with Crippen LogP contribution in [0.4, 0.5) is 5.82 Å². The minimum atomic E-state index is 0.258. The Morgan fingerprint density at radius 1 is 1.28 bits per heavy atom. The third kappa shape index (κ3) is 6.06. The smallest absolute Gasteiger partial charge is 0.191 e. The summed E-state index contributed by atoms with van der Waals surface area (Å²) in [5.74, 6) is 2.52. The van der Waals surface area contributed by atoms with Gasteiger partial charge in [-0.05, 0) is 45.2 Å². The van der Waals surface area contributed by atoms with Crippen LogP contribution in [0.15, 0.2) is 23.3 Å². The summed E-state index contributed by atoms with van der Waals surface area (Å²) in [6.07, 6.45) is 2.20. The van der Waals surface area contributed by atoms with Crippen molar-refractivity contribution in [2.45, 2.75) is 59.4 Å². The van der Waals surface area contributed by atoms with Crippen molar-refractivity contribution >= 4 is 11.8 Å². The maximum Gasteiger partial charge on any atom is 0.191 e. The average molecular weight is 403 g/mol. The third-order valence-electron chi connectivity index (χ3n) is 5.83. The van der Waals surface area contributed by atoms with Gasteiger partial charge < -0.3 is 20.3 Å². The predicted molar refractivity (Wildman–Crippen MR) is 119 cm³/mol. The molecule has 0 saturated carbocycles. The number of pyridine rings is 1. The number of nitrogens with zero attached hydrogens (tertiary/aromatic N) is 4. The fraction of sp³-hybridized carbons (Fsp3) is 0.727. The molecule has 3 rings (SSSR count). The number of hydrogen-bond donors (Lipinski definition) is 2. The van der Waals surface area contributed by atoms with Gasteiger partial charge in [0.25, 0.3) is 0 Å². The van der Waals surface area contributed by atoms with E-state index in [-0.39, 0.29) is 6.10 Å². The molecule has 29 heavy (non-hydrogen) atoms. The van der Waals surface area contributed by atoms with Crippen molar-refractivity contribution in [2.75, 3.05) is 44.2 Å². The zero-order valence-corrected chi connectivity index (χ0v) is 18.7. The predicted octanol–water partition coefficient (Wildman–Crippen LogP) is 2.09. The first-order chi connectivity index (χ1) is 14.0. The second-order valence-corrected chi connectivity index (χ2v) is 8.62. The van der Waals surface area contributed by atoms with Crippen LogP contribution in [0, 0.1) is 5.92 Å². The number of likely N-dealkylation sites (tertiary alicyclic amines) is 1. The maximum atomic E-state index is 5.62. The number of aliphatic imine (C=N–C) groups is 1. The van der Waals surface area contributed by atoms with Gasteiger partial charge in [0.05, 0.1) is 19.3 Å². The van der Waals surface area contributed by atoms with Crippen LogP contribution >= 0.6 is 0 Å². The standard InChI is InChI=1S/C22H38N6O/c1-6-23-22(26-20-15-28(16(2)3)13-17(20)4)25-12-19-7-8-21(24-11-19)27-9-10-29-18(5)14-27/h7-8,11,16-18,20H,6,9-10,12-15H2,1-5H3,(H2,23,25,26). The Hall–Kier alpha value is -1.86. The van der Waals surface area contributed by atoms with E-state index in [0.717, 1.165) is 56.7 Å². The topological polar surface area (TPSA) is 65.0 Å². The Morgan fingerprint density at radius 2 is 2.10 bits per heavy atom. The SMILES string of the molecule is CCNC(=NCc1ccc(N2CCOC(C)C2)nc1)NC1CN(C(C)C)CC1C. The highest BCUT2D eigenvalue weighted by atomic mass is 16.5. The molecule has 2 N–H and O–H groups in total. The van der Waals surface area contributed by atoms with E-state index >= 15 is 0 Å². The summed E-state index contributed by atoms with van der Waals surface area (Å²) in [6.45, 7) is 17.3. The molecule has 7 heteroatoms. The van der Waals surface area contributed by atoms with Gasteiger partial charge in [-0.2, -0.15) is 0 Å². The molecule has 7 nitrogen and oxygen atoms in total. The molecular weight excluding hydrogens is 364 g/mol. The summed E-state index contributed by atoms with van der Waals surface area (Å²) in [7, 11) is 0. The van der Waals surface area contributed by atoms with E-state index in [2.05, 4.69) is 72.2 Å². The summed E-state index contributed by atoms with van der Waals surface area (Å²) in [6, 6.07) is 5.25. The van der Waals surface area contributed by atoms with Crippen LogP contribution in [0.25, 0.3) is 0 Å². The molecule has 162 valence electrons. The van der Waals surface area contributed by atoms with Crippen LogP contribution in [-0.4, -0.2) is 73.4 Å². The molecule has 0 bridgehead atoms. The first kappa shape index (κ1) is 21.8. The summed E-state index contributed by atoms with van der Waals surface area (Å²) < 4.78 is 5.62. The van der Waals surface area contributed by atoms with Crippen LogP contribution in [0.1, 0.15) is 40.2 Å². The molecule has 3 atom stereocenters. The lowest BCUT2D eigenvalue weighted by molar-refractivity contribution is 0.0529. The molecule has 1 aromatic heterocycles. The summed E-state index contributed by atoms with van der Waals surface area (Å²) >= 11 is 0. The fourth-order valence-electron chi connectivity index (χ4n) is 4.00. The van der Waals surface area contributed by atoms with E-state index in [1.807, 2.05) is 6.20 Å². The number of ether oxygens (including phenoxy) is 1. The molecule has 2 saturated heterocycles. The molecule has 2 fully saturated rings. The number of guanidine groups is 1. The molecule has 2 aliphatic rings. The molecular formula is C22H38N6O. The van der Waals surface area contributed by atoms with Crippen molar-refractivity contribution in [1.29, 1.82) is 0 Å². The highest BCUT2D eigenvalue weighted by Gasteiger charge is 2.31. The molecule has 0 amide bonds. The van der Waals surface area contributed by atoms with Crippen LogP contribution in [0.2, 0.25) is 0 Å². The highest BCUT2D eigenvalue weighted by Crippen LogP contribution is 2.19. The first-order valence-electron chi connectivity index (χ1n) is 11.1. The van der Waals surface area contributed by atoms with Crippen LogP contribution in [0.5, 0.6) is 0 Å². The van der Waals surface area contributed by atoms with Gasteiger partial charge in [0, 0.05) is 51.0 Å². The van der Waals surface area contributed by atoms with Crippen molar-refractivity contribution < 1.29 is 4.74 Å². The van der Waals surface area contributed by atoms with E-state index < -0.39 is 0 Å². The first-order valence-corrected chi connectivity index (χ1v) is 11.1. The quantitative estimate of drug-likeness (QED) is 0.561. The monoisotopic (exact) mass is 402 g/mol. The number of anilines is 1. The molecule has 3 heterocycles. The van der Waals surface area contributed by atoms with Gasteiger partial charge in [0.2, 0.25) is 0 Å². The lowest BCUT2D eigenvalue weighted by atomic mass is 10.1. The highest BCUT2D eigenvalue weighted by molar-refractivity contribution is 5.80. The Bertz CT molecular complexity index is 662. The zero-order chi connectivity index (χ0) is 20.8. The fourth-order valence-corrected chi connectivity index (χ4v) is 4.00. The number of rotatable bonds is 6. The number of nitrogens with one attached hydrogen (secondary N) is 2. The van der Waals surface area contributed by atoms with Crippen molar-refractivity contribution in [3.8, 4) is 0 Å². The number of hydrogen-bond acceptors (Lipinski definition) is 5. The van der Waals surface area contributed by atoms with Gasteiger partial charge in [-0.1, -0.05) is 13.0 Å². The second kappa shape index (κ2) is 10.3. The van der Waals surface area contributed by atoms with Crippen molar-refractivity contribution in [3.63, 3.8) is 0 Å². The molecule has 2 aliphatic heterocycles. The number of aromatic nitrogens is 1. The van der Waals surface area contributed by atoms with E-state index in [0.29, 0.717) is 24.5 Å². The molecule has 1 aromatic rings. The van der Waals surface area contributed by atoms with E-state index in [1.165, 1.54) is 0 Å². The summed E-state index contributed by atoms with van der Waals surface area (Å²) in [4.78, 5) is 14.3. The van der Waals surface area contributed by atoms with Crippen molar-refractivity contribution in [2.24, 2.45) is 10.9 Å². The van der Waals surface area contributed by atoms with Gasteiger partial charge in [-0.3, -0.25) is 4.90 Å². The van der Waals surface area contributed by atoms with E-state index in [4.69, 9.17) is 9.73 Å². The summed E-state index contributed by atoms with van der Waals surface area (Å²) in [5.41, 5.74) is 1.12. The lowest BCUT2D eigenvalue weighted by Crippen LogP contribution is -2.46. The summed E-state index contributed by atoms with van der Waals surface area (Å²) in [5, 5.41) is 7.03. The van der Waals surface area contributed by atoms with Gasteiger partial charge in [0.15, 0.2) is 5.96 Å². The average Bonchev–Trinajstić information content (AvgIpc) is 3.07. The Balaban J connectivity index is 1.58. The van der Waals surface area contributed by atoms with Crippen LogP contribution in [0.3, 0.4) is 0 Å². The Labute approximate surface area is 175 Å². The molecule has 0 aliphatic carbocycles. The Morgan fingerprint density at radius 3 is 2.72 bits per heavy atom. The molecule has 0 spiro atoms. The third-order valence-corrected chi connectivity index (χ3v) is 5.83. The molecule has 0 radical (unpaired) electrons. The van der Waals surface area contributed by atoms with Gasteiger partial charge >= 0.3 is 0 Å². The number of morpholine rings is 1. The normalized spacial score (nSPS) is 26.2. The van der Waals surface area contributed by atoms with Gasteiger partial charge in [-0.15, -0.1) is 0 Å². The van der Waals surface area contributed by atoms with Gasteiger partial charge in [-0.25, -0.2) is 9.98 Å². The van der Waals surface area contributed by atoms with Crippen molar-refractivity contribution in [1.82, 2.24) is 20.5 Å². The van der Waals surface area contributed by atoms with Gasteiger partial charge in [0.1, 0.15) is 5.82 Å². The van der Waals surface area contributed by atoms with E-state index in [1.54, 1.807) is 0 Å². The molecule has 0 aromatic carbocycles. The van der Waals surface area contributed by atoms with E-state index in [9.17, 15) is 0 Å². The van der Waals surface area contributed by atoms with Crippen LogP contribution in [-0.2, 0) is 11.3 Å². The zero-order valence-electron chi connectivity index (χ0n) is 18.7. The largest absolute Gasteiger partial charge is 0.375 e. The van der Waals surface area contributed by atoms with Crippen molar-refractivity contribution in [3.05, 3.63) is 23.9 Å². The Kier molecular flexibility index (Phi) is 7.72. The minimum Gasteiger partial charge on any atom is -0.375 e. The molecule has 3 unspecified atom stereocenters. The van der Waals surface area contributed by atoms with Crippen LogP contribution < -0.4 is 15.5 Å². The lowest BCUT2D eigenvalue weighted by Gasteiger charge is -2.32. The second-order valence-electron chi connectivity index (χ2n) is 8.62.